The molecule has 0 heterocycles. The van der Waals surface area contributed by atoms with Crippen LogP contribution in [0.3, 0.4) is 0 Å². The molecular weight excluding hydrogens is 258 g/mol. The Bertz CT molecular complexity index is 451. The van der Waals surface area contributed by atoms with Gasteiger partial charge < -0.3 is 5.11 Å². The highest BCUT2D eigenvalue weighted by atomic mass is 32.2. The van der Waals surface area contributed by atoms with Gasteiger partial charge in [-0.05, 0) is 13.8 Å². The van der Waals surface area contributed by atoms with Crippen LogP contribution in [0.5, 0.6) is 0 Å². The summed E-state index contributed by atoms with van der Waals surface area (Å²) >= 11 is 0. The van der Waals surface area contributed by atoms with Crippen molar-refractivity contribution < 1.29 is 26.7 Å². The van der Waals surface area contributed by atoms with Crippen LogP contribution in [-0.2, 0) is 24.7 Å². The van der Waals surface area contributed by atoms with Gasteiger partial charge in [0.15, 0.2) is 5.25 Å². The van der Waals surface area contributed by atoms with Crippen molar-refractivity contribution >= 4 is 25.8 Å². The van der Waals surface area contributed by atoms with Crippen molar-refractivity contribution in [1.29, 1.82) is 0 Å². The molecule has 0 fully saturated rings. The van der Waals surface area contributed by atoms with Gasteiger partial charge in [0.1, 0.15) is 9.84 Å². The number of aliphatic carboxylic acids is 1. The topological polar surface area (TPSA) is 118 Å². The van der Waals surface area contributed by atoms with Gasteiger partial charge in [0.25, 0.3) is 0 Å². The summed E-state index contributed by atoms with van der Waals surface area (Å²) in [5.74, 6) is -1.86. The van der Waals surface area contributed by atoms with Gasteiger partial charge in [0, 0.05) is 12.3 Å². The molecule has 0 aliphatic heterocycles. The molecule has 16 heavy (non-hydrogen) atoms. The number of carbonyl (C=O) groups is 1. The van der Waals surface area contributed by atoms with E-state index in [9.17, 15) is 21.6 Å². The smallest absolute Gasteiger partial charge is 0.323 e. The molecule has 0 spiro atoms. The predicted molar refractivity (Wildman–Crippen MR) is 58.3 cm³/mol. The first kappa shape index (κ1) is 15.3. The molecule has 2 N–H and O–H groups in total. The number of carboxylic acids is 1. The van der Waals surface area contributed by atoms with Gasteiger partial charge in [-0.1, -0.05) is 0 Å². The molecule has 0 saturated heterocycles. The predicted octanol–water partition coefficient (Wildman–Crippen LogP) is -1.19. The fraction of sp³-hybridized carbons (Fsp3) is 0.857. The van der Waals surface area contributed by atoms with Crippen LogP contribution in [0.1, 0.15) is 13.8 Å². The number of sulfonamides is 1. The lowest BCUT2D eigenvalue weighted by Crippen LogP contribution is -2.44. The molecule has 0 radical (unpaired) electrons. The molecule has 0 saturated carbocycles. The number of hydrogen-bond acceptors (Lipinski definition) is 5. The summed E-state index contributed by atoms with van der Waals surface area (Å²) in [4.78, 5) is 10.5. The Morgan fingerprint density at radius 3 is 2.00 bits per heavy atom. The Hall–Kier alpha value is -0.670. The summed E-state index contributed by atoms with van der Waals surface area (Å²) in [5, 5.41) is 6.91. The Kier molecular flexibility index (Phi) is 4.89. The van der Waals surface area contributed by atoms with Crippen LogP contribution in [0.4, 0.5) is 0 Å². The van der Waals surface area contributed by atoms with Crippen LogP contribution in [0.2, 0.25) is 0 Å². The molecule has 0 aromatic heterocycles. The maximum absolute atomic E-state index is 11.4. The van der Waals surface area contributed by atoms with Gasteiger partial charge in [0.2, 0.25) is 10.0 Å². The summed E-state index contributed by atoms with van der Waals surface area (Å²) < 4.78 is 46.5. The van der Waals surface area contributed by atoms with E-state index in [1.807, 2.05) is 4.72 Å². The number of sulfone groups is 1. The standard InChI is InChI=1S/C7H15NO6S2/c1-5(4-15(3,11)12)8-16(13,14)6(2)7(9)10/h5-6,8H,4H2,1-3H3,(H,9,10). The van der Waals surface area contributed by atoms with Crippen LogP contribution >= 0.6 is 0 Å². The highest BCUT2D eigenvalue weighted by Crippen LogP contribution is 2.01. The first-order valence-electron chi connectivity index (χ1n) is 4.37. The third-order valence-electron chi connectivity index (χ3n) is 1.73. The molecule has 0 amide bonds. The number of carboxylic acid groups (broad SMARTS) is 1. The van der Waals surface area contributed by atoms with Crippen molar-refractivity contribution in [2.45, 2.75) is 25.1 Å². The van der Waals surface area contributed by atoms with Crippen molar-refractivity contribution in [3.63, 3.8) is 0 Å². The van der Waals surface area contributed by atoms with Crippen LogP contribution in [0.25, 0.3) is 0 Å². The van der Waals surface area contributed by atoms with E-state index in [1.165, 1.54) is 6.92 Å². The van der Waals surface area contributed by atoms with Gasteiger partial charge in [-0.2, -0.15) is 0 Å². The van der Waals surface area contributed by atoms with Crippen LogP contribution in [-0.4, -0.2) is 51.2 Å². The summed E-state index contributed by atoms with van der Waals surface area (Å²) in [6, 6.07) is -0.859. The van der Waals surface area contributed by atoms with Gasteiger partial charge in [-0.15, -0.1) is 0 Å². The number of nitrogens with one attached hydrogen (secondary N) is 1. The number of rotatable bonds is 6. The third kappa shape index (κ3) is 5.42. The van der Waals surface area contributed by atoms with E-state index in [4.69, 9.17) is 5.11 Å². The summed E-state index contributed by atoms with van der Waals surface area (Å²) in [7, 11) is -7.36. The molecule has 0 aromatic rings. The first-order valence-corrected chi connectivity index (χ1v) is 7.98. The minimum atomic E-state index is -4.05. The van der Waals surface area contributed by atoms with Crippen molar-refractivity contribution in [2.24, 2.45) is 0 Å². The van der Waals surface area contributed by atoms with Crippen molar-refractivity contribution in [1.82, 2.24) is 4.72 Å². The van der Waals surface area contributed by atoms with Gasteiger partial charge in [-0.3, -0.25) is 4.79 Å². The molecule has 0 rings (SSSR count). The third-order valence-corrected chi connectivity index (χ3v) is 4.70. The van der Waals surface area contributed by atoms with E-state index in [0.29, 0.717) is 0 Å². The minimum Gasteiger partial charge on any atom is -0.480 e. The van der Waals surface area contributed by atoms with Gasteiger partial charge in [0.05, 0.1) is 5.75 Å². The van der Waals surface area contributed by atoms with Crippen LogP contribution < -0.4 is 4.72 Å². The second-order valence-corrected chi connectivity index (χ2v) is 7.85. The molecule has 96 valence electrons. The highest BCUT2D eigenvalue weighted by Gasteiger charge is 2.29. The summed E-state index contributed by atoms with van der Waals surface area (Å²) in [6.45, 7) is 2.37. The zero-order valence-electron chi connectivity index (χ0n) is 9.17. The van der Waals surface area contributed by atoms with Crippen molar-refractivity contribution in [3.8, 4) is 0 Å². The van der Waals surface area contributed by atoms with Crippen molar-refractivity contribution in [3.05, 3.63) is 0 Å². The largest absolute Gasteiger partial charge is 0.480 e. The summed E-state index contributed by atoms with van der Waals surface area (Å²) in [6.07, 6.45) is 0.971. The first-order chi connectivity index (χ1) is 6.96. The average Bonchev–Trinajstić information content (AvgIpc) is 1.97. The summed E-state index contributed by atoms with van der Waals surface area (Å²) in [5.41, 5.74) is 0. The van der Waals surface area contributed by atoms with E-state index in [2.05, 4.69) is 0 Å². The molecule has 2 atom stereocenters. The molecule has 0 aliphatic carbocycles. The fourth-order valence-corrected chi connectivity index (χ4v) is 3.21. The van der Waals surface area contributed by atoms with E-state index >= 15 is 0 Å². The minimum absolute atomic E-state index is 0.376. The maximum Gasteiger partial charge on any atom is 0.323 e. The lowest BCUT2D eigenvalue weighted by molar-refractivity contribution is -0.136. The average molecular weight is 273 g/mol. The Labute approximate surface area is 94.8 Å². The Morgan fingerprint density at radius 1 is 1.25 bits per heavy atom. The van der Waals surface area contributed by atoms with Crippen molar-refractivity contribution in [2.75, 3.05) is 12.0 Å². The van der Waals surface area contributed by atoms with Crippen LogP contribution in [0.15, 0.2) is 0 Å². The molecule has 7 nitrogen and oxygen atoms in total. The molecule has 2 unspecified atom stereocenters. The molecule has 9 heteroatoms. The lowest BCUT2D eigenvalue weighted by atomic mass is 10.4. The lowest BCUT2D eigenvalue weighted by Gasteiger charge is -2.15. The second kappa shape index (κ2) is 5.11. The molecule has 0 bridgehead atoms. The van der Waals surface area contributed by atoms with Gasteiger partial charge >= 0.3 is 5.97 Å². The zero-order valence-corrected chi connectivity index (χ0v) is 10.8. The van der Waals surface area contributed by atoms with E-state index in [1.54, 1.807) is 0 Å². The van der Waals surface area contributed by atoms with E-state index in [-0.39, 0.29) is 5.75 Å². The van der Waals surface area contributed by atoms with E-state index < -0.39 is 37.1 Å². The maximum atomic E-state index is 11.4. The Morgan fingerprint density at radius 2 is 1.69 bits per heavy atom. The van der Waals surface area contributed by atoms with E-state index in [0.717, 1.165) is 13.2 Å². The van der Waals surface area contributed by atoms with Crippen LogP contribution in [0, 0.1) is 0 Å². The van der Waals surface area contributed by atoms with Gasteiger partial charge in [-0.25, -0.2) is 21.6 Å². The second-order valence-electron chi connectivity index (χ2n) is 3.64. The zero-order chi connectivity index (χ0) is 13.1. The molecule has 0 aliphatic rings. The fourth-order valence-electron chi connectivity index (χ4n) is 1.00. The molecular formula is C7H15NO6S2. The number of hydrogen-bond donors (Lipinski definition) is 2. The monoisotopic (exact) mass is 273 g/mol. The molecule has 0 aromatic carbocycles. The highest BCUT2D eigenvalue weighted by molar-refractivity contribution is 7.91. The Balaban J connectivity index is 4.68. The SMILES string of the molecule is CC(CS(C)(=O)=O)NS(=O)(=O)C(C)C(=O)O. The quantitative estimate of drug-likeness (QED) is 0.628. The normalized spacial score (nSPS) is 16.7.